The second-order valence-corrected chi connectivity index (χ2v) is 6.83. The summed E-state index contributed by atoms with van der Waals surface area (Å²) in [5.41, 5.74) is 2.09. The zero-order valence-corrected chi connectivity index (χ0v) is 14.6. The van der Waals surface area contributed by atoms with Crippen LogP contribution in [0.2, 0.25) is 5.02 Å². The molecule has 120 valence electrons. The maximum atomic E-state index is 12.4. The Morgan fingerprint density at radius 3 is 2.71 bits per heavy atom. The van der Waals surface area contributed by atoms with E-state index in [2.05, 4.69) is 11.4 Å². The van der Waals surface area contributed by atoms with E-state index >= 15 is 0 Å². The van der Waals surface area contributed by atoms with E-state index in [0.29, 0.717) is 21.3 Å². The summed E-state index contributed by atoms with van der Waals surface area (Å²) in [5.74, 6) is 0.286. The minimum Gasteiger partial charge on any atom is -0.451 e. The fourth-order valence-corrected chi connectivity index (χ4v) is 3.51. The van der Waals surface area contributed by atoms with Crippen LogP contribution in [0.4, 0.5) is 5.00 Å². The van der Waals surface area contributed by atoms with Gasteiger partial charge in [-0.1, -0.05) is 23.7 Å². The Labute approximate surface area is 148 Å². The number of nitriles is 1. The van der Waals surface area contributed by atoms with Gasteiger partial charge in [0.1, 0.15) is 16.8 Å². The minimum absolute atomic E-state index is 0.164. The summed E-state index contributed by atoms with van der Waals surface area (Å²) in [5, 5.41) is 13.1. The van der Waals surface area contributed by atoms with Crippen LogP contribution in [0.1, 0.15) is 26.6 Å². The van der Waals surface area contributed by atoms with E-state index in [1.54, 1.807) is 18.2 Å². The number of benzene rings is 1. The van der Waals surface area contributed by atoms with Crippen LogP contribution in [-0.4, -0.2) is 5.91 Å². The molecule has 0 aliphatic heterocycles. The zero-order valence-electron chi connectivity index (χ0n) is 13.0. The molecule has 0 unspecified atom stereocenters. The second kappa shape index (κ2) is 6.52. The number of thiophene rings is 1. The quantitative estimate of drug-likeness (QED) is 0.683. The van der Waals surface area contributed by atoms with Crippen molar-refractivity contribution in [2.24, 2.45) is 0 Å². The molecule has 6 heteroatoms. The molecule has 0 spiro atoms. The first-order valence-electron chi connectivity index (χ1n) is 7.17. The van der Waals surface area contributed by atoms with Gasteiger partial charge >= 0.3 is 0 Å². The van der Waals surface area contributed by atoms with Gasteiger partial charge in [0.15, 0.2) is 5.76 Å². The normalized spacial score (nSPS) is 10.4. The molecule has 3 aromatic rings. The van der Waals surface area contributed by atoms with Gasteiger partial charge in [-0.3, -0.25) is 4.79 Å². The summed E-state index contributed by atoms with van der Waals surface area (Å²) in [6.07, 6.45) is 0. The lowest BCUT2D eigenvalue weighted by Gasteiger charge is -2.02. The summed E-state index contributed by atoms with van der Waals surface area (Å²) >= 11 is 7.52. The van der Waals surface area contributed by atoms with Gasteiger partial charge < -0.3 is 9.73 Å². The third-order valence-electron chi connectivity index (χ3n) is 3.69. The van der Waals surface area contributed by atoms with Crippen molar-refractivity contribution >= 4 is 33.8 Å². The number of nitrogens with zero attached hydrogens (tertiary/aromatic N) is 1. The van der Waals surface area contributed by atoms with E-state index in [9.17, 15) is 10.1 Å². The number of hydrogen-bond acceptors (Lipinski definition) is 4. The van der Waals surface area contributed by atoms with Crippen LogP contribution in [0.25, 0.3) is 11.3 Å². The fraction of sp³-hybridized carbons (Fsp3) is 0.111. The van der Waals surface area contributed by atoms with E-state index in [4.69, 9.17) is 16.0 Å². The van der Waals surface area contributed by atoms with E-state index in [1.165, 1.54) is 11.3 Å². The molecule has 2 heterocycles. The second-order valence-electron chi connectivity index (χ2n) is 5.20. The highest BCUT2D eigenvalue weighted by molar-refractivity contribution is 7.16. The highest BCUT2D eigenvalue weighted by atomic mass is 35.5. The van der Waals surface area contributed by atoms with Gasteiger partial charge in [0.05, 0.1) is 10.6 Å². The van der Waals surface area contributed by atoms with Crippen LogP contribution in [-0.2, 0) is 0 Å². The summed E-state index contributed by atoms with van der Waals surface area (Å²) in [4.78, 5) is 13.4. The average Bonchev–Trinajstić information content (AvgIpc) is 3.14. The van der Waals surface area contributed by atoms with Crippen LogP contribution >= 0.6 is 22.9 Å². The molecule has 0 atom stereocenters. The number of rotatable bonds is 3. The Balaban J connectivity index is 1.86. The highest BCUT2D eigenvalue weighted by Gasteiger charge is 2.18. The first-order valence-corrected chi connectivity index (χ1v) is 8.37. The van der Waals surface area contributed by atoms with Gasteiger partial charge in [-0.25, -0.2) is 0 Å². The fourth-order valence-electron chi connectivity index (χ4n) is 2.28. The maximum Gasteiger partial charge on any atom is 0.292 e. The average molecular weight is 357 g/mol. The molecule has 0 saturated heterocycles. The third-order valence-corrected chi connectivity index (χ3v) is 5.15. The van der Waals surface area contributed by atoms with Crippen LogP contribution in [0.3, 0.4) is 0 Å². The summed E-state index contributed by atoms with van der Waals surface area (Å²) in [7, 11) is 0. The van der Waals surface area contributed by atoms with E-state index in [0.717, 1.165) is 16.0 Å². The van der Waals surface area contributed by atoms with Gasteiger partial charge in [0.2, 0.25) is 0 Å². The first kappa shape index (κ1) is 16.3. The predicted molar refractivity (Wildman–Crippen MR) is 95.6 cm³/mol. The van der Waals surface area contributed by atoms with Crippen LogP contribution in [0.15, 0.2) is 40.8 Å². The summed E-state index contributed by atoms with van der Waals surface area (Å²) in [6.45, 7) is 3.78. The largest absolute Gasteiger partial charge is 0.451 e. The molecule has 0 fully saturated rings. The zero-order chi connectivity index (χ0) is 17.3. The molecule has 1 amide bonds. The molecule has 1 aromatic carbocycles. The number of anilines is 1. The van der Waals surface area contributed by atoms with Crippen molar-refractivity contribution in [1.29, 1.82) is 5.26 Å². The number of aryl methyl sites for hydroxylation is 1. The Hall–Kier alpha value is -2.55. The van der Waals surface area contributed by atoms with Crippen LogP contribution in [0.5, 0.6) is 0 Å². The van der Waals surface area contributed by atoms with Crippen LogP contribution < -0.4 is 5.32 Å². The topological polar surface area (TPSA) is 66.0 Å². The number of hydrogen-bond donors (Lipinski definition) is 1. The van der Waals surface area contributed by atoms with Crippen molar-refractivity contribution in [3.63, 3.8) is 0 Å². The molecule has 0 aliphatic carbocycles. The van der Waals surface area contributed by atoms with Gasteiger partial charge in [0.25, 0.3) is 5.91 Å². The number of halogens is 1. The standard InChI is InChI=1S/C18H13ClN2O2S/c1-10-11(2)24-18(13(10)9-20)21-17(22)16-8-7-15(23-16)12-5-3-4-6-14(12)19/h3-8H,1-2H3,(H,21,22). The van der Waals surface area contributed by atoms with Crippen molar-refractivity contribution in [3.8, 4) is 17.4 Å². The lowest BCUT2D eigenvalue weighted by atomic mass is 10.2. The number of carbonyl (C=O) groups is 1. The van der Waals surface area contributed by atoms with Crippen molar-refractivity contribution in [2.75, 3.05) is 5.32 Å². The molecule has 0 saturated carbocycles. The SMILES string of the molecule is Cc1sc(NC(=O)c2ccc(-c3ccccc3Cl)o2)c(C#N)c1C. The van der Waals surface area contributed by atoms with Gasteiger partial charge in [-0.05, 0) is 43.7 Å². The number of carbonyl (C=O) groups excluding carboxylic acids is 1. The van der Waals surface area contributed by atoms with Crippen molar-refractivity contribution in [3.05, 3.63) is 63.2 Å². The molecular formula is C18H13ClN2O2S. The molecule has 0 radical (unpaired) electrons. The summed E-state index contributed by atoms with van der Waals surface area (Å²) in [6, 6.07) is 12.7. The number of nitrogens with one attached hydrogen (secondary N) is 1. The van der Waals surface area contributed by atoms with Crippen LogP contribution in [0, 0.1) is 25.2 Å². The van der Waals surface area contributed by atoms with Crippen molar-refractivity contribution in [2.45, 2.75) is 13.8 Å². The molecule has 1 N–H and O–H groups in total. The molecule has 3 rings (SSSR count). The Bertz CT molecular complexity index is 966. The maximum absolute atomic E-state index is 12.4. The van der Waals surface area contributed by atoms with E-state index in [-0.39, 0.29) is 5.76 Å². The number of amides is 1. The Morgan fingerprint density at radius 1 is 1.25 bits per heavy atom. The van der Waals surface area contributed by atoms with Gasteiger partial charge in [0, 0.05) is 10.4 Å². The summed E-state index contributed by atoms with van der Waals surface area (Å²) < 4.78 is 5.62. The van der Waals surface area contributed by atoms with E-state index < -0.39 is 5.91 Å². The number of furan rings is 1. The molecule has 0 aliphatic rings. The smallest absolute Gasteiger partial charge is 0.292 e. The van der Waals surface area contributed by atoms with Crippen molar-refractivity contribution in [1.82, 2.24) is 0 Å². The highest BCUT2D eigenvalue weighted by Crippen LogP contribution is 2.33. The Morgan fingerprint density at radius 2 is 2.00 bits per heavy atom. The predicted octanol–water partition coefficient (Wildman–Crippen LogP) is 5.40. The van der Waals surface area contributed by atoms with Gasteiger partial charge in [-0.2, -0.15) is 5.26 Å². The molecule has 2 aromatic heterocycles. The van der Waals surface area contributed by atoms with Gasteiger partial charge in [-0.15, -0.1) is 11.3 Å². The molecule has 4 nitrogen and oxygen atoms in total. The lowest BCUT2D eigenvalue weighted by Crippen LogP contribution is -2.10. The molecular weight excluding hydrogens is 344 g/mol. The minimum atomic E-state index is -0.397. The van der Waals surface area contributed by atoms with E-state index in [1.807, 2.05) is 32.0 Å². The monoisotopic (exact) mass is 356 g/mol. The molecule has 0 bridgehead atoms. The molecule has 24 heavy (non-hydrogen) atoms. The third kappa shape index (κ3) is 2.94. The Kier molecular flexibility index (Phi) is 4.43. The lowest BCUT2D eigenvalue weighted by molar-refractivity contribution is 0.0998. The van der Waals surface area contributed by atoms with Crippen molar-refractivity contribution < 1.29 is 9.21 Å². The first-order chi connectivity index (χ1) is 11.5.